The lowest BCUT2D eigenvalue weighted by molar-refractivity contribution is -0.684. The first-order valence-electron chi connectivity index (χ1n) is 23.4. The fourth-order valence-corrected chi connectivity index (χ4v) is 9.47. The Kier molecular flexibility index (Phi) is 17.3. The second-order valence-electron chi connectivity index (χ2n) is 18.5. The Hall–Kier alpha value is -6.99. The number of unbranched alkanes of at least 4 members (excludes halogenated alkanes) is 4. The summed E-state index contributed by atoms with van der Waals surface area (Å²) in [6.45, 7) is 8.47. The number of fused-ring (bicyclic) bond motifs is 2. The Balaban J connectivity index is 1.13. The molecule has 2 aliphatic rings. The molecule has 73 heavy (non-hydrogen) atoms. The molecule has 2 aliphatic heterocycles. The maximum atomic E-state index is 13.8. The van der Waals surface area contributed by atoms with E-state index in [4.69, 9.17) is 19.5 Å². The van der Waals surface area contributed by atoms with Crippen LogP contribution in [0.25, 0.3) is 0 Å². The highest BCUT2D eigenvalue weighted by Gasteiger charge is 2.44. The van der Waals surface area contributed by atoms with E-state index in [0.717, 1.165) is 16.4 Å². The number of rotatable bonds is 24. The lowest BCUT2D eigenvalue weighted by Crippen LogP contribution is -2.39. The minimum absolute atomic E-state index is 0.00394. The van der Waals surface area contributed by atoms with Gasteiger partial charge in [0.2, 0.25) is 23.5 Å². The van der Waals surface area contributed by atoms with Gasteiger partial charge >= 0.3 is 17.8 Å². The van der Waals surface area contributed by atoms with E-state index in [0.29, 0.717) is 77.2 Å². The van der Waals surface area contributed by atoms with Gasteiger partial charge in [-0.1, -0.05) is 44.9 Å². The molecule has 0 saturated heterocycles. The van der Waals surface area contributed by atoms with Crippen LogP contribution in [0.15, 0.2) is 101 Å². The highest BCUT2D eigenvalue weighted by molar-refractivity contribution is 7.86. The summed E-state index contributed by atoms with van der Waals surface area (Å²) in [5.74, 6) is -3.52. The molecule has 6 N–H and O–H groups in total. The zero-order valence-corrected chi connectivity index (χ0v) is 42.7. The number of aromatic hydroxyl groups is 4. The number of hydrogen-bond acceptors (Lipinski definition) is 16. The van der Waals surface area contributed by atoms with Gasteiger partial charge in [0.25, 0.3) is 26.1 Å². The largest absolute Gasteiger partial charge is 0.492 e. The van der Waals surface area contributed by atoms with Gasteiger partial charge < -0.3 is 35.0 Å². The van der Waals surface area contributed by atoms with E-state index in [9.17, 15) is 60.8 Å². The second kappa shape index (κ2) is 22.8. The summed E-state index contributed by atoms with van der Waals surface area (Å²) in [4.78, 5) is 60.8. The SMILES string of the molecule is CN(OCCCCCC(=O)On1c(O)ccc1O)C(=O)c1cc2c([n+](CCCS(=O)(=O)O)c1)N=C(C=CC=CC=C1N(CCCCCC(=O)On3c(O)ccc3O)c3ccc(S(=O)(=O)O)cc3C1(C)C)C2(C)C. The lowest BCUT2D eigenvalue weighted by atomic mass is 9.81. The van der Waals surface area contributed by atoms with Crippen molar-refractivity contribution < 1.29 is 79.8 Å². The van der Waals surface area contributed by atoms with Crippen molar-refractivity contribution in [3.63, 3.8) is 0 Å². The fourth-order valence-electron chi connectivity index (χ4n) is 8.47. The number of carbonyl (C=O) groups excluding carboxylic acids is 3. The Labute approximate surface area is 422 Å². The highest BCUT2D eigenvalue weighted by atomic mass is 32.2. The smallest absolute Gasteiger partial charge is 0.333 e. The molecule has 0 spiro atoms. The molecule has 0 aliphatic carbocycles. The predicted molar refractivity (Wildman–Crippen MR) is 264 cm³/mol. The van der Waals surface area contributed by atoms with Gasteiger partial charge in [0.1, 0.15) is 6.20 Å². The minimum Gasteiger partial charge on any atom is -0.492 e. The normalized spacial score (nSPS) is 15.5. The number of pyridine rings is 1. The Bertz CT molecular complexity index is 3040. The molecule has 394 valence electrons. The first kappa shape index (κ1) is 55.3. The van der Waals surface area contributed by atoms with Crippen molar-refractivity contribution in [1.82, 2.24) is 14.5 Å². The number of hydrogen-bond donors (Lipinski definition) is 6. The van der Waals surface area contributed by atoms with E-state index in [2.05, 4.69) is 4.90 Å². The van der Waals surface area contributed by atoms with Crippen LogP contribution in [-0.2, 0) is 52.0 Å². The number of aryl methyl sites for hydroxylation is 1. The van der Waals surface area contributed by atoms with Crippen LogP contribution in [-0.4, -0.2) is 110 Å². The molecular weight excluding hydrogens is 993 g/mol. The van der Waals surface area contributed by atoms with Gasteiger partial charge in [-0.2, -0.15) is 16.8 Å². The number of allylic oxidation sites excluding steroid dienone is 6. The van der Waals surface area contributed by atoms with Crippen molar-refractivity contribution in [3.05, 3.63) is 107 Å². The molecule has 5 heterocycles. The summed E-state index contributed by atoms with van der Waals surface area (Å²) in [6, 6.07) is 10.9. The van der Waals surface area contributed by atoms with Crippen LogP contribution in [0.3, 0.4) is 0 Å². The number of amides is 1. The van der Waals surface area contributed by atoms with Crippen molar-refractivity contribution in [2.45, 2.75) is 108 Å². The molecule has 0 saturated carbocycles. The van der Waals surface area contributed by atoms with Crippen molar-refractivity contribution in [1.29, 1.82) is 0 Å². The monoisotopic (exact) mass is 1050 g/mol. The van der Waals surface area contributed by atoms with E-state index < -0.39 is 78.2 Å². The van der Waals surface area contributed by atoms with Crippen molar-refractivity contribution >= 4 is 55.3 Å². The summed E-state index contributed by atoms with van der Waals surface area (Å²) in [7, 11) is -7.32. The van der Waals surface area contributed by atoms with Gasteiger partial charge in [0, 0.05) is 73.9 Å². The van der Waals surface area contributed by atoms with Crippen LogP contribution in [0, 0.1) is 0 Å². The molecule has 1 amide bonds. The van der Waals surface area contributed by atoms with Crippen LogP contribution < -0.4 is 19.1 Å². The predicted octanol–water partition coefficient (Wildman–Crippen LogP) is 5.52. The molecule has 4 aromatic rings. The molecule has 24 heteroatoms. The Morgan fingerprint density at radius 3 is 1.89 bits per heavy atom. The average Bonchev–Trinajstić information content (AvgIpc) is 3.96. The number of aromatic nitrogens is 3. The van der Waals surface area contributed by atoms with Crippen molar-refractivity contribution in [2.24, 2.45) is 4.99 Å². The topological polar surface area (TPSA) is 301 Å². The number of benzene rings is 1. The molecule has 0 radical (unpaired) electrons. The summed E-state index contributed by atoms with van der Waals surface area (Å²) in [6.07, 6.45) is 13.8. The van der Waals surface area contributed by atoms with E-state index in [-0.39, 0.29) is 42.9 Å². The average molecular weight is 1050 g/mol. The number of hydroxylamine groups is 2. The van der Waals surface area contributed by atoms with Crippen molar-refractivity contribution in [3.8, 4) is 23.5 Å². The second-order valence-corrected chi connectivity index (χ2v) is 21.5. The van der Waals surface area contributed by atoms with E-state index in [1.807, 2.05) is 45.9 Å². The molecule has 6 rings (SSSR count). The van der Waals surface area contributed by atoms with Gasteiger partial charge in [0.05, 0.1) is 40.3 Å². The van der Waals surface area contributed by atoms with E-state index in [1.165, 1.54) is 43.4 Å². The molecule has 0 bridgehead atoms. The fraction of sp³-hybridized carbons (Fsp3) is 0.408. The Morgan fingerprint density at radius 2 is 1.32 bits per heavy atom. The van der Waals surface area contributed by atoms with Crippen LogP contribution in [0.5, 0.6) is 23.5 Å². The van der Waals surface area contributed by atoms with Crippen LogP contribution >= 0.6 is 0 Å². The quantitative estimate of drug-likeness (QED) is 0.0166. The molecule has 1 aromatic carbocycles. The zero-order chi connectivity index (χ0) is 53.5. The number of nitrogens with zero attached hydrogens (tertiary/aromatic N) is 6. The maximum Gasteiger partial charge on any atom is 0.333 e. The number of anilines is 1. The van der Waals surface area contributed by atoms with Gasteiger partial charge in [-0.3, -0.25) is 18.7 Å². The third-order valence-electron chi connectivity index (χ3n) is 12.4. The first-order chi connectivity index (χ1) is 34.3. The molecule has 22 nitrogen and oxygen atoms in total. The third-order valence-corrected chi connectivity index (χ3v) is 14.1. The van der Waals surface area contributed by atoms with Gasteiger partial charge in [-0.15, -0.1) is 9.46 Å². The number of aliphatic imine (C=N–C) groups is 1. The lowest BCUT2D eigenvalue weighted by Gasteiger charge is -2.27. The molecular formula is C49H61N6O16S2+. The summed E-state index contributed by atoms with van der Waals surface area (Å²) in [5.41, 5.74) is 2.33. The number of carbonyl (C=O) groups is 3. The summed E-state index contributed by atoms with van der Waals surface area (Å²) >= 11 is 0. The standard InChI is InChI=1S/C49H60N6O16S2/c1-48(2)36-30-33(47(62)51(5)69-28-14-8-12-19-45(61)71-55-42(58)24-25-43(55)59)32-52(26-15-29-72(63,64)65)46(36)50-38(48)16-9-6-10-17-39-49(3,4)35-31-34(73(66,67)68)20-21-37(35)53(39)27-13-7-11-18-44(60)70-54-40(56)22-23-41(54)57/h6,9-10,16-17,20-25,30-32H,7-8,11-15,18-19,26-29H2,1-5H3,(H5-,56,57,58,59,63,64,65,66,67,68)/p+1. The zero-order valence-electron chi connectivity index (χ0n) is 41.0. The summed E-state index contributed by atoms with van der Waals surface area (Å²) < 4.78 is 69.9. The molecule has 3 aromatic heterocycles. The van der Waals surface area contributed by atoms with Crippen LogP contribution in [0.1, 0.15) is 107 Å². The first-order valence-corrected chi connectivity index (χ1v) is 26.4. The van der Waals surface area contributed by atoms with Gasteiger partial charge in [0.15, 0.2) is 5.71 Å². The Morgan fingerprint density at radius 1 is 0.726 bits per heavy atom. The highest BCUT2D eigenvalue weighted by Crippen LogP contribution is 2.48. The summed E-state index contributed by atoms with van der Waals surface area (Å²) in [5, 5.41) is 40.0. The maximum absolute atomic E-state index is 13.8. The molecule has 0 fully saturated rings. The van der Waals surface area contributed by atoms with E-state index >= 15 is 0 Å². The van der Waals surface area contributed by atoms with Crippen molar-refractivity contribution in [2.75, 3.05) is 30.9 Å². The van der Waals surface area contributed by atoms with E-state index in [1.54, 1.807) is 35.0 Å². The molecule has 0 atom stereocenters. The third kappa shape index (κ3) is 13.6. The minimum atomic E-state index is -4.50. The van der Waals surface area contributed by atoms with Gasteiger partial charge in [-0.25, -0.2) is 19.2 Å². The van der Waals surface area contributed by atoms with Crippen LogP contribution in [0.4, 0.5) is 11.5 Å². The van der Waals surface area contributed by atoms with Crippen LogP contribution in [0.2, 0.25) is 0 Å². The van der Waals surface area contributed by atoms with Gasteiger partial charge in [-0.05, 0) is 86.5 Å². The molecule has 0 unspecified atom stereocenters.